The van der Waals surface area contributed by atoms with Crippen LogP contribution in [0.1, 0.15) is 36.7 Å². The molecule has 2 aliphatic heterocycles. The molecule has 5 rings (SSSR count). The number of Topliss-reactive ketones (excluding diaryl/α,β-unsaturated/α-hetero) is 1. The number of likely N-dealkylation sites (tertiary alicyclic amines) is 2. The second-order valence-corrected chi connectivity index (χ2v) is 9.02. The van der Waals surface area contributed by atoms with Crippen molar-refractivity contribution in [2.75, 3.05) is 13.1 Å². The van der Waals surface area contributed by atoms with Gasteiger partial charge in [-0.05, 0) is 37.1 Å². The molecular formula is C26H26N6O5. The Hall–Kier alpha value is -4.41. The molecule has 11 heteroatoms. The largest absolute Gasteiger partial charge is 0.414 e. The fourth-order valence-electron chi connectivity index (χ4n) is 4.98. The van der Waals surface area contributed by atoms with Gasteiger partial charge in [-0.1, -0.05) is 31.5 Å². The lowest BCUT2D eigenvalue weighted by Crippen LogP contribution is -2.53. The van der Waals surface area contributed by atoms with Crippen LogP contribution in [0.5, 0.6) is 5.88 Å². The summed E-state index contributed by atoms with van der Waals surface area (Å²) in [4.78, 5) is 67.6. The van der Waals surface area contributed by atoms with Crippen LogP contribution in [0.2, 0.25) is 0 Å². The highest BCUT2D eigenvalue weighted by Crippen LogP contribution is 2.31. The average molecular weight is 503 g/mol. The lowest BCUT2D eigenvalue weighted by Gasteiger charge is -2.28. The highest BCUT2D eigenvalue weighted by Gasteiger charge is 2.52. The molecule has 4 heterocycles. The van der Waals surface area contributed by atoms with E-state index in [1.807, 2.05) is 13.0 Å². The molecule has 0 bridgehead atoms. The normalized spacial score (nSPS) is 19.5. The Bertz CT molecular complexity index is 1350. The molecule has 11 nitrogen and oxygen atoms in total. The SMILES string of the molecule is CCCC(NC(=O)Oc1cnc2ccccc2n1)C(=O)N1CCC2C1C(=O)CN2C(=O)c1ccccn1. The maximum atomic E-state index is 13.5. The van der Waals surface area contributed by atoms with Crippen molar-refractivity contribution in [1.29, 1.82) is 0 Å². The molecule has 0 radical (unpaired) electrons. The van der Waals surface area contributed by atoms with E-state index in [0.717, 1.165) is 0 Å². The molecule has 0 saturated carbocycles. The monoisotopic (exact) mass is 502 g/mol. The zero-order chi connectivity index (χ0) is 25.9. The minimum Gasteiger partial charge on any atom is -0.390 e. The van der Waals surface area contributed by atoms with Crippen LogP contribution in [0.15, 0.2) is 54.9 Å². The average Bonchev–Trinajstić information content (AvgIpc) is 3.49. The molecular weight excluding hydrogens is 476 g/mol. The van der Waals surface area contributed by atoms with Gasteiger partial charge in [-0.25, -0.2) is 14.8 Å². The van der Waals surface area contributed by atoms with Crippen LogP contribution in [0.4, 0.5) is 4.79 Å². The van der Waals surface area contributed by atoms with Crippen LogP contribution in [0.25, 0.3) is 11.0 Å². The number of para-hydroxylation sites is 2. The number of nitrogens with one attached hydrogen (secondary N) is 1. The number of carbonyl (C=O) groups is 4. The van der Waals surface area contributed by atoms with Gasteiger partial charge < -0.3 is 19.9 Å². The first kappa shape index (κ1) is 24.3. The summed E-state index contributed by atoms with van der Waals surface area (Å²) in [5.74, 6) is -0.908. The molecule has 2 aliphatic rings. The molecule has 190 valence electrons. The number of fused-ring (bicyclic) bond motifs is 2. The van der Waals surface area contributed by atoms with Gasteiger partial charge in [0.2, 0.25) is 11.8 Å². The van der Waals surface area contributed by atoms with E-state index >= 15 is 0 Å². The maximum absolute atomic E-state index is 13.5. The van der Waals surface area contributed by atoms with Gasteiger partial charge >= 0.3 is 6.09 Å². The lowest BCUT2D eigenvalue weighted by molar-refractivity contribution is -0.138. The summed E-state index contributed by atoms with van der Waals surface area (Å²) in [6, 6.07) is 10.1. The molecule has 0 spiro atoms. The number of pyridine rings is 1. The third kappa shape index (κ3) is 4.84. The van der Waals surface area contributed by atoms with Gasteiger partial charge in [-0.3, -0.25) is 19.4 Å². The standard InChI is InChI=1S/C26H26N6O5/c1-2-7-19(30-26(36)37-22-14-28-16-8-3-4-9-17(16)29-22)25(35)31-13-11-20-23(31)21(33)15-32(20)24(34)18-10-5-6-12-27-18/h3-6,8-10,12,14,19-20,23H,2,7,11,13,15H2,1H3,(H,30,36). The van der Waals surface area contributed by atoms with Crippen molar-refractivity contribution in [3.05, 3.63) is 60.6 Å². The zero-order valence-electron chi connectivity index (χ0n) is 20.2. The van der Waals surface area contributed by atoms with Crippen molar-refractivity contribution in [2.24, 2.45) is 0 Å². The first-order chi connectivity index (χ1) is 18.0. The summed E-state index contributed by atoms with van der Waals surface area (Å²) < 4.78 is 5.30. The first-order valence-corrected chi connectivity index (χ1v) is 12.2. The van der Waals surface area contributed by atoms with Gasteiger partial charge in [0.1, 0.15) is 17.8 Å². The summed E-state index contributed by atoms with van der Waals surface area (Å²) in [6.45, 7) is 2.12. The number of ether oxygens (including phenoxy) is 1. The Kier molecular flexibility index (Phi) is 6.76. The Morgan fingerprint density at radius 2 is 1.86 bits per heavy atom. The van der Waals surface area contributed by atoms with E-state index < -0.39 is 24.2 Å². The van der Waals surface area contributed by atoms with Gasteiger partial charge in [0.15, 0.2) is 5.78 Å². The van der Waals surface area contributed by atoms with Crippen molar-refractivity contribution in [2.45, 2.75) is 44.3 Å². The van der Waals surface area contributed by atoms with E-state index in [2.05, 4.69) is 20.3 Å². The van der Waals surface area contributed by atoms with Crippen LogP contribution < -0.4 is 10.1 Å². The number of rotatable bonds is 6. The van der Waals surface area contributed by atoms with E-state index in [1.165, 1.54) is 22.2 Å². The number of amides is 3. The van der Waals surface area contributed by atoms with Crippen LogP contribution in [0, 0.1) is 0 Å². The van der Waals surface area contributed by atoms with Crippen LogP contribution in [-0.4, -0.2) is 79.7 Å². The van der Waals surface area contributed by atoms with Crippen LogP contribution in [-0.2, 0) is 9.59 Å². The topological polar surface area (TPSA) is 135 Å². The second-order valence-electron chi connectivity index (χ2n) is 9.02. The second kappa shape index (κ2) is 10.3. The number of carbonyl (C=O) groups excluding carboxylic acids is 4. The van der Waals surface area contributed by atoms with Gasteiger partial charge in [-0.2, -0.15) is 0 Å². The summed E-state index contributed by atoms with van der Waals surface area (Å²) >= 11 is 0. The van der Waals surface area contributed by atoms with Gasteiger partial charge in [0, 0.05) is 12.7 Å². The smallest absolute Gasteiger partial charge is 0.390 e. The summed E-state index contributed by atoms with van der Waals surface area (Å²) in [6.07, 6.45) is 3.47. The third-order valence-electron chi connectivity index (χ3n) is 6.64. The molecule has 37 heavy (non-hydrogen) atoms. The Labute approximate surface area is 212 Å². The molecule has 3 amide bonds. The summed E-state index contributed by atoms with van der Waals surface area (Å²) in [7, 11) is 0. The van der Waals surface area contributed by atoms with Crippen molar-refractivity contribution in [3.63, 3.8) is 0 Å². The number of aromatic nitrogens is 3. The Morgan fingerprint density at radius 3 is 2.62 bits per heavy atom. The number of hydrogen-bond donors (Lipinski definition) is 1. The van der Waals surface area contributed by atoms with Crippen LogP contribution in [0.3, 0.4) is 0 Å². The number of benzene rings is 1. The fraction of sp³-hybridized carbons (Fsp3) is 0.346. The Balaban J connectivity index is 1.27. The van der Waals surface area contributed by atoms with Gasteiger partial charge in [-0.15, -0.1) is 0 Å². The zero-order valence-corrected chi connectivity index (χ0v) is 20.2. The maximum Gasteiger partial charge on any atom is 0.414 e. The molecule has 3 unspecified atom stereocenters. The highest BCUT2D eigenvalue weighted by molar-refractivity contribution is 6.02. The molecule has 2 saturated heterocycles. The molecule has 2 aromatic heterocycles. The summed E-state index contributed by atoms with van der Waals surface area (Å²) in [5, 5.41) is 2.62. The predicted octanol–water partition coefficient (Wildman–Crippen LogP) is 1.98. The molecule has 3 aromatic rings. The van der Waals surface area contributed by atoms with Crippen molar-refractivity contribution in [1.82, 2.24) is 30.1 Å². The van der Waals surface area contributed by atoms with Crippen molar-refractivity contribution < 1.29 is 23.9 Å². The molecule has 3 atom stereocenters. The van der Waals surface area contributed by atoms with E-state index in [1.54, 1.807) is 36.4 Å². The van der Waals surface area contributed by atoms with E-state index in [-0.39, 0.29) is 35.7 Å². The predicted molar refractivity (Wildman–Crippen MR) is 132 cm³/mol. The minimum absolute atomic E-state index is 0.00906. The van der Waals surface area contributed by atoms with Gasteiger partial charge in [0.05, 0.1) is 29.8 Å². The number of nitrogens with zero attached hydrogens (tertiary/aromatic N) is 5. The van der Waals surface area contributed by atoms with E-state index in [4.69, 9.17) is 4.74 Å². The molecule has 1 N–H and O–H groups in total. The lowest BCUT2D eigenvalue weighted by atomic mass is 10.1. The first-order valence-electron chi connectivity index (χ1n) is 12.2. The number of ketones is 1. The third-order valence-corrected chi connectivity index (χ3v) is 6.64. The van der Waals surface area contributed by atoms with Gasteiger partial charge in [0.25, 0.3) is 5.91 Å². The minimum atomic E-state index is -0.891. The number of hydrogen-bond acceptors (Lipinski definition) is 8. The molecule has 2 fully saturated rings. The molecule has 1 aromatic carbocycles. The summed E-state index contributed by atoms with van der Waals surface area (Å²) in [5.41, 5.74) is 1.49. The van der Waals surface area contributed by atoms with E-state index in [0.29, 0.717) is 36.8 Å². The Morgan fingerprint density at radius 1 is 1.08 bits per heavy atom. The fourth-order valence-corrected chi connectivity index (χ4v) is 4.98. The quantitative estimate of drug-likeness (QED) is 0.541. The van der Waals surface area contributed by atoms with Crippen molar-refractivity contribution in [3.8, 4) is 5.88 Å². The molecule has 0 aliphatic carbocycles. The highest BCUT2D eigenvalue weighted by atomic mass is 16.6. The van der Waals surface area contributed by atoms with Crippen molar-refractivity contribution >= 4 is 34.7 Å². The van der Waals surface area contributed by atoms with Crippen LogP contribution >= 0.6 is 0 Å². The van der Waals surface area contributed by atoms with E-state index in [9.17, 15) is 19.2 Å².